The summed E-state index contributed by atoms with van der Waals surface area (Å²) >= 11 is 1.27. The zero-order valence-corrected chi connectivity index (χ0v) is 18.4. The number of halogens is 2. The third kappa shape index (κ3) is 4.84. The van der Waals surface area contributed by atoms with Crippen LogP contribution in [0.15, 0.2) is 71.8 Å². The van der Waals surface area contributed by atoms with Gasteiger partial charge in [0.15, 0.2) is 11.5 Å². The number of nitrogens with zero attached hydrogens (tertiary/aromatic N) is 2. The number of hydrogen-bond donors (Lipinski definition) is 1. The number of para-hydroxylation sites is 1. The number of thioether (sulfide) groups is 1. The van der Waals surface area contributed by atoms with Crippen molar-refractivity contribution in [1.29, 1.82) is 0 Å². The molecule has 0 aromatic heterocycles. The van der Waals surface area contributed by atoms with Gasteiger partial charge in [0, 0.05) is 16.7 Å². The summed E-state index contributed by atoms with van der Waals surface area (Å²) in [7, 11) is 1.48. The van der Waals surface area contributed by atoms with Gasteiger partial charge in [-0.15, -0.1) is 0 Å². The summed E-state index contributed by atoms with van der Waals surface area (Å²) in [5.41, 5.74) is 1.37. The largest absolute Gasteiger partial charge is 0.492 e. The number of carbonyl (C=O) groups is 1. The first-order valence-corrected chi connectivity index (χ1v) is 10.9. The van der Waals surface area contributed by atoms with Crippen LogP contribution in [-0.2, 0) is 0 Å². The highest BCUT2D eigenvalue weighted by molar-refractivity contribution is 8.14. The lowest BCUT2D eigenvalue weighted by atomic mass is 10.1. The third-order valence-corrected chi connectivity index (χ3v) is 6.06. The molecule has 1 aliphatic rings. The number of benzene rings is 3. The van der Waals surface area contributed by atoms with Crippen LogP contribution in [0.5, 0.6) is 11.5 Å². The van der Waals surface area contributed by atoms with Crippen molar-refractivity contribution in [3.05, 3.63) is 95.1 Å². The summed E-state index contributed by atoms with van der Waals surface area (Å²) in [5.74, 6) is -0.645. The van der Waals surface area contributed by atoms with Crippen LogP contribution in [0.25, 0.3) is 0 Å². The normalized spacial score (nSPS) is 15.3. The molecule has 3 aromatic rings. The van der Waals surface area contributed by atoms with Crippen LogP contribution in [0.2, 0.25) is 0 Å². The fraction of sp³-hybridized carbons (Fsp3) is 0.167. The van der Waals surface area contributed by atoms with Gasteiger partial charge in [0.2, 0.25) is 0 Å². The average Bonchev–Trinajstić information content (AvgIpc) is 3.27. The van der Waals surface area contributed by atoms with Gasteiger partial charge in [0.05, 0.1) is 13.7 Å². The molecule has 0 saturated heterocycles. The zero-order valence-electron chi connectivity index (χ0n) is 17.6. The Kier molecular flexibility index (Phi) is 6.90. The molecule has 1 aliphatic heterocycles. The lowest BCUT2D eigenvalue weighted by Crippen LogP contribution is -2.26. The van der Waals surface area contributed by atoms with E-state index in [2.05, 4.69) is 5.10 Å². The SMILES string of the molecule is COc1c(OCCO)cccc1C1SC(c2ccc(F)cc2)=NN1C(=O)c1cccc(F)c1. The van der Waals surface area contributed by atoms with Crippen molar-refractivity contribution in [2.45, 2.75) is 5.37 Å². The van der Waals surface area contributed by atoms with Crippen LogP contribution in [0.4, 0.5) is 8.78 Å². The molecule has 3 aromatic carbocycles. The van der Waals surface area contributed by atoms with Crippen molar-refractivity contribution in [2.24, 2.45) is 5.10 Å². The van der Waals surface area contributed by atoms with Gasteiger partial charge in [-0.3, -0.25) is 4.79 Å². The van der Waals surface area contributed by atoms with E-state index in [1.165, 1.54) is 54.2 Å². The van der Waals surface area contributed by atoms with Crippen LogP contribution < -0.4 is 9.47 Å². The fourth-order valence-electron chi connectivity index (χ4n) is 3.36. The molecule has 4 rings (SSSR count). The second-order valence-corrected chi connectivity index (χ2v) is 8.06. The molecule has 1 atom stereocenters. The smallest absolute Gasteiger partial charge is 0.275 e. The minimum absolute atomic E-state index is 0.0703. The van der Waals surface area contributed by atoms with Gasteiger partial charge in [0.1, 0.15) is 28.7 Å². The highest BCUT2D eigenvalue weighted by atomic mass is 32.2. The Morgan fingerprint density at radius 3 is 2.55 bits per heavy atom. The van der Waals surface area contributed by atoms with E-state index >= 15 is 0 Å². The lowest BCUT2D eigenvalue weighted by molar-refractivity contribution is 0.0747. The number of amides is 1. The van der Waals surface area contributed by atoms with E-state index in [-0.39, 0.29) is 24.6 Å². The lowest BCUT2D eigenvalue weighted by Gasteiger charge is -2.24. The Morgan fingerprint density at radius 1 is 1.09 bits per heavy atom. The first kappa shape index (κ1) is 22.8. The summed E-state index contributed by atoms with van der Waals surface area (Å²) in [6.07, 6.45) is 0. The summed E-state index contributed by atoms with van der Waals surface area (Å²) < 4.78 is 38.4. The number of hydrazone groups is 1. The van der Waals surface area contributed by atoms with Crippen molar-refractivity contribution in [2.75, 3.05) is 20.3 Å². The molecule has 0 spiro atoms. The molecule has 1 N–H and O–H groups in total. The van der Waals surface area contributed by atoms with Crippen molar-refractivity contribution in [3.63, 3.8) is 0 Å². The predicted molar refractivity (Wildman–Crippen MR) is 121 cm³/mol. The predicted octanol–water partition coefficient (Wildman–Crippen LogP) is 4.59. The van der Waals surface area contributed by atoms with Gasteiger partial charge in [-0.2, -0.15) is 5.10 Å². The summed E-state index contributed by atoms with van der Waals surface area (Å²) in [4.78, 5) is 13.3. The van der Waals surface area contributed by atoms with E-state index in [0.29, 0.717) is 27.7 Å². The number of hydrogen-bond acceptors (Lipinski definition) is 6. The maximum atomic E-state index is 13.8. The molecule has 0 saturated carbocycles. The molecule has 1 amide bonds. The Balaban J connectivity index is 1.77. The molecule has 170 valence electrons. The molecule has 33 heavy (non-hydrogen) atoms. The summed E-state index contributed by atoms with van der Waals surface area (Å²) in [6, 6.07) is 16.4. The second-order valence-electron chi connectivity index (χ2n) is 6.99. The molecule has 6 nitrogen and oxygen atoms in total. The monoisotopic (exact) mass is 470 g/mol. The van der Waals surface area contributed by atoms with E-state index in [1.807, 2.05) is 0 Å². The van der Waals surface area contributed by atoms with Gasteiger partial charge < -0.3 is 14.6 Å². The number of rotatable bonds is 7. The first-order valence-electron chi connectivity index (χ1n) is 10.0. The van der Waals surface area contributed by atoms with E-state index < -0.39 is 17.1 Å². The van der Waals surface area contributed by atoms with Crippen molar-refractivity contribution >= 4 is 22.7 Å². The van der Waals surface area contributed by atoms with Crippen LogP contribution in [0.1, 0.15) is 26.9 Å². The van der Waals surface area contributed by atoms with Gasteiger partial charge in [-0.25, -0.2) is 13.8 Å². The van der Waals surface area contributed by atoms with Crippen molar-refractivity contribution in [1.82, 2.24) is 5.01 Å². The highest BCUT2D eigenvalue weighted by Gasteiger charge is 2.37. The first-order chi connectivity index (χ1) is 16.0. The van der Waals surface area contributed by atoms with Crippen LogP contribution in [-0.4, -0.2) is 41.4 Å². The Bertz CT molecular complexity index is 1190. The minimum Gasteiger partial charge on any atom is -0.492 e. The van der Waals surface area contributed by atoms with E-state index in [0.717, 1.165) is 6.07 Å². The third-order valence-electron chi connectivity index (χ3n) is 4.84. The molecular formula is C24H20F2N2O4S. The average molecular weight is 470 g/mol. The molecule has 1 unspecified atom stereocenters. The van der Waals surface area contributed by atoms with E-state index in [9.17, 15) is 13.6 Å². The van der Waals surface area contributed by atoms with Crippen LogP contribution >= 0.6 is 11.8 Å². The number of methoxy groups -OCH3 is 1. The maximum Gasteiger partial charge on any atom is 0.275 e. The van der Waals surface area contributed by atoms with E-state index in [1.54, 1.807) is 30.3 Å². The molecule has 1 heterocycles. The van der Waals surface area contributed by atoms with E-state index in [4.69, 9.17) is 14.6 Å². The van der Waals surface area contributed by atoms with Gasteiger partial charge in [-0.1, -0.05) is 30.0 Å². The van der Waals surface area contributed by atoms with Crippen LogP contribution in [0, 0.1) is 11.6 Å². The standard InChI is InChI=1S/C24H20F2N2O4S/c1-31-21-19(6-3-7-20(21)32-13-12-29)24-28(23(30)16-4-2-5-18(26)14-16)27-22(33-24)15-8-10-17(25)11-9-15/h2-11,14,24,29H,12-13H2,1H3. The van der Waals surface area contributed by atoms with Gasteiger partial charge in [-0.05, 0) is 48.5 Å². The van der Waals surface area contributed by atoms with Gasteiger partial charge in [0.25, 0.3) is 5.91 Å². The number of aliphatic hydroxyl groups excluding tert-OH is 1. The Morgan fingerprint density at radius 2 is 1.85 bits per heavy atom. The molecular weight excluding hydrogens is 450 g/mol. The Labute approximate surface area is 193 Å². The molecule has 0 fully saturated rings. The molecule has 0 aliphatic carbocycles. The zero-order chi connectivity index (χ0) is 23.4. The molecule has 0 bridgehead atoms. The second kappa shape index (κ2) is 10.0. The minimum atomic E-state index is -0.659. The van der Waals surface area contributed by atoms with Gasteiger partial charge >= 0.3 is 0 Å². The van der Waals surface area contributed by atoms with Crippen LogP contribution in [0.3, 0.4) is 0 Å². The summed E-state index contributed by atoms with van der Waals surface area (Å²) in [5, 5.41) is 14.7. The van der Waals surface area contributed by atoms with Crippen molar-refractivity contribution in [3.8, 4) is 11.5 Å². The molecule has 9 heteroatoms. The number of ether oxygens (including phenoxy) is 2. The quantitative estimate of drug-likeness (QED) is 0.547. The number of carbonyl (C=O) groups excluding carboxylic acids is 1. The topological polar surface area (TPSA) is 71.4 Å². The van der Waals surface area contributed by atoms with Crippen molar-refractivity contribution < 1.29 is 28.2 Å². The Hall–Kier alpha value is -3.43. The number of aliphatic hydroxyl groups is 1. The maximum absolute atomic E-state index is 13.8. The fourth-order valence-corrected chi connectivity index (χ4v) is 4.54. The molecule has 0 radical (unpaired) electrons. The highest BCUT2D eigenvalue weighted by Crippen LogP contribution is 2.47. The summed E-state index contributed by atoms with van der Waals surface area (Å²) in [6.45, 7) is -0.103.